The van der Waals surface area contributed by atoms with Gasteiger partial charge >= 0.3 is 0 Å². The number of fused-ring (bicyclic) bond motifs is 17. The lowest BCUT2D eigenvalue weighted by molar-refractivity contribution is 0.631. The number of nitrogens with zero attached hydrogens (tertiary/aromatic N) is 3. The summed E-state index contributed by atoms with van der Waals surface area (Å²) in [6.45, 7) is 4.83. The lowest BCUT2D eigenvalue weighted by Gasteiger charge is -2.46. The summed E-state index contributed by atoms with van der Waals surface area (Å²) in [5, 5.41) is 5.02. The van der Waals surface area contributed by atoms with Gasteiger partial charge in [-0.25, -0.2) is 0 Å². The van der Waals surface area contributed by atoms with Gasteiger partial charge in [0.05, 0.1) is 39.2 Å². The highest BCUT2D eigenvalue weighted by Gasteiger charge is 2.54. The van der Waals surface area contributed by atoms with Crippen molar-refractivity contribution in [2.45, 2.75) is 24.7 Å². The minimum atomic E-state index is -0.571. The first-order chi connectivity index (χ1) is 32.0. The van der Waals surface area contributed by atoms with E-state index in [1.54, 1.807) is 0 Å². The first-order valence-electron chi connectivity index (χ1n) is 22.8. The Labute approximate surface area is 378 Å². The molecule has 3 heteroatoms. The average Bonchev–Trinajstić information content (AvgIpc) is 3.86. The smallest absolute Gasteiger partial charge is 0.0755 e. The van der Waals surface area contributed by atoms with E-state index < -0.39 is 5.41 Å². The average molecular weight is 830 g/mol. The molecule has 3 heterocycles. The highest BCUT2D eigenvalue weighted by atomic mass is 15.2. The summed E-state index contributed by atoms with van der Waals surface area (Å²) in [6, 6.07) is 83.8. The molecule has 3 nitrogen and oxygen atoms in total. The van der Waals surface area contributed by atoms with E-state index in [4.69, 9.17) is 0 Å². The molecule has 1 spiro atoms. The Morgan fingerprint density at radius 2 is 0.908 bits per heavy atom. The van der Waals surface area contributed by atoms with Gasteiger partial charge in [0.2, 0.25) is 0 Å². The third-order valence-corrected chi connectivity index (χ3v) is 14.9. The van der Waals surface area contributed by atoms with E-state index in [2.05, 4.69) is 253 Å². The standard InChI is InChI=1S/C62H43N3/c1-61(2)48-27-13-16-30-54(48)65(43-34-38-53-46(39-43)58-44-24-10-9-19-40(44)33-37-57(58)63(53)41-20-5-3-6-21-41)60-52(61)36-35-51-59(60)45-25-11-12-26-47(45)62(51)49-28-14-17-31-55(49)64(42-22-7-4-8-23-42)56-32-18-15-29-50(56)62/h3-39H,1-2H3. The van der Waals surface area contributed by atoms with Crippen LogP contribution in [0.25, 0.3) is 49.4 Å². The maximum atomic E-state index is 2.61. The molecule has 3 aliphatic rings. The second kappa shape index (κ2) is 13.2. The van der Waals surface area contributed by atoms with Crippen molar-refractivity contribution < 1.29 is 0 Å². The minimum absolute atomic E-state index is 0.279. The monoisotopic (exact) mass is 829 g/mol. The van der Waals surface area contributed by atoms with E-state index in [9.17, 15) is 0 Å². The van der Waals surface area contributed by atoms with Crippen LogP contribution in [0.1, 0.15) is 47.2 Å². The Hall–Kier alpha value is -8.14. The number of hydrogen-bond donors (Lipinski definition) is 0. The fourth-order valence-corrected chi connectivity index (χ4v) is 12.3. The zero-order valence-electron chi connectivity index (χ0n) is 36.2. The van der Waals surface area contributed by atoms with Gasteiger partial charge in [-0.3, -0.25) is 0 Å². The van der Waals surface area contributed by atoms with Crippen molar-refractivity contribution in [3.8, 4) is 16.8 Å². The van der Waals surface area contributed by atoms with Gasteiger partial charge < -0.3 is 14.4 Å². The topological polar surface area (TPSA) is 11.4 Å². The number of para-hydroxylation sites is 5. The molecule has 1 aromatic heterocycles. The quantitative estimate of drug-likeness (QED) is 0.176. The highest BCUT2D eigenvalue weighted by Crippen LogP contribution is 2.67. The summed E-state index contributed by atoms with van der Waals surface area (Å²) in [4.78, 5) is 5.07. The van der Waals surface area contributed by atoms with Gasteiger partial charge in [-0.15, -0.1) is 0 Å². The third-order valence-electron chi connectivity index (χ3n) is 14.9. The second-order valence-corrected chi connectivity index (χ2v) is 18.4. The number of anilines is 6. The van der Waals surface area contributed by atoms with Gasteiger partial charge in [-0.1, -0.05) is 172 Å². The summed E-state index contributed by atoms with van der Waals surface area (Å²) >= 11 is 0. The van der Waals surface area contributed by atoms with E-state index in [0.29, 0.717) is 0 Å². The molecule has 10 aromatic carbocycles. The number of aromatic nitrogens is 1. The number of rotatable bonds is 3. The van der Waals surface area contributed by atoms with Crippen LogP contribution in [0.4, 0.5) is 34.1 Å². The van der Waals surface area contributed by atoms with Crippen molar-refractivity contribution >= 4 is 66.7 Å². The van der Waals surface area contributed by atoms with E-state index in [-0.39, 0.29) is 5.41 Å². The van der Waals surface area contributed by atoms with Crippen molar-refractivity contribution in [1.82, 2.24) is 4.57 Å². The zero-order chi connectivity index (χ0) is 43.0. The van der Waals surface area contributed by atoms with Crippen molar-refractivity contribution in [3.63, 3.8) is 0 Å². The Kier molecular flexibility index (Phi) is 7.38. The van der Waals surface area contributed by atoms with Crippen molar-refractivity contribution in [2.24, 2.45) is 0 Å². The third kappa shape index (κ3) is 4.69. The molecule has 14 rings (SSSR count). The van der Waals surface area contributed by atoms with Crippen LogP contribution in [0.15, 0.2) is 224 Å². The van der Waals surface area contributed by atoms with Crippen LogP contribution in [-0.2, 0) is 10.8 Å². The normalized spacial score (nSPS) is 14.8. The summed E-state index contributed by atoms with van der Waals surface area (Å²) in [5.74, 6) is 0. The Morgan fingerprint density at radius 3 is 1.63 bits per heavy atom. The molecule has 2 aliphatic heterocycles. The van der Waals surface area contributed by atoms with Gasteiger partial charge in [0.15, 0.2) is 0 Å². The molecule has 0 fully saturated rings. The lowest BCUT2D eigenvalue weighted by atomic mass is 9.64. The predicted molar refractivity (Wildman–Crippen MR) is 271 cm³/mol. The van der Waals surface area contributed by atoms with Gasteiger partial charge in [0.25, 0.3) is 0 Å². The van der Waals surface area contributed by atoms with Crippen molar-refractivity contribution in [1.29, 1.82) is 0 Å². The van der Waals surface area contributed by atoms with E-state index >= 15 is 0 Å². The van der Waals surface area contributed by atoms with E-state index in [0.717, 1.165) is 17.1 Å². The van der Waals surface area contributed by atoms with Crippen LogP contribution in [0.5, 0.6) is 0 Å². The van der Waals surface area contributed by atoms with Crippen LogP contribution >= 0.6 is 0 Å². The van der Waals surface area contributed by atoms with Gasteiger partial charge in [-0.05, 0) is 116 Å². The fourth-order valence-electron chi connectivity index (χ4n) is 12.3. The second-order valence-electron chi connectivity index (χ2n) is 18.4. The van der Waals surface area contributed by atoms with Crippen LogP contribution in [0, 0.1) is 0 Å². The first kappa shape index (κ1) is 36.4. The van der Waals surface area contributed by atoms with Crippen LogP contribution in [0.2, 0.25) is 0 Å². The molecule has 0 saturated heterocycles. The summed E-state index contributed by atoms with van der Waals surface area (Å²) in [6.07, 6.45) is 0. The summed E-state index contributed by atoms with van der Waals surface area (Å²) < 4.78 is 2.44. The molecule has 0 bridgehead atoms. The van der Waals surface area contributed by atoms with Gasteiger partial charge in [-0.2, -0.15) is 0 Å². The van der Waals surface area contributed by atoms with Crippen molar-refractivity contribution in [2.75, 3.05) is 9.80 Å². The molecule has 0 unspecified atom stereocenters. The molecular weight excluding hydrogens is 787 g/mol. The molecule has 0 saturated carbocycles. The number of benzene rings is 10. The van der Waals surface area contributed by atoms with Gasteiger partial charge in [0.1, 0.15) is 0 Å². The van der Waals surface area contributed by atoms with Gasteiger partial charge in [0, 0.05) is 38.8 Å². The largest absolute Gasteiger partial charge is 0.310 e. The van der Waals surface area contributed by atoms with Crippen LogP contribution < -0.4 is 9.80 Å². The minimum Gasteiger partial charge on any atom is -0.310 e. The molecule has 1 aliphatic carbocycles. The molecule has 0 N–H and O–H groups in total. The van der Waals surface area contributed by atoms with Crippen LogP contribution in [-0.4, -0.2) is 4.57 Å². The van der Waals surface area contributed by atoms with E-state index in [1.807, 2.05) is 0 Å². The maximum Gasteiger partial charge on any atom is 0.0755 e. The van der Waals surface area contributed by atoms with Crippen LogP contribution in [0.3, 0.4) is 0 Å². The SMILES string of the molecule is CC1(C)c2ccccc2N(c2ccc3c(c2)c2c4ccccc4ccc2n3-c2ccccc2)c2c1ccc1c2-c2ccccc2C12c1ccccc1N(c1ccccc1)c1ccccc12. The molecular formula is C62H43N3. The predicted octanol–water partition coefficient (Wildman–Crippen LogP) is 16.2. The Bertz CT molecular complexity index is 3720. The highest BCUT2D eigenvalue weighted by molar-refractivity contribution is 6.22. The Balaban J connectivity index is 1.10. The summed E-state index contributed by atoms with van der Waals surface area (Å²) in [7, 11) is 0. The van der Waals surface area contributed by atoms with Crippen molar-refractivity contribution in [3.05, 3.63) is 258 Å². The molecule has 306 valence electrons. The van der Waals surface area contributed by atoms with E-state index in [1.165, 1.54) is 99.8 Å². The zero-order valence-corrected chi connectivity index (χ0v) is 36.2. The first-order valence-corrected chi connectivity index (χ1v) is 22.8. The molecule has 65 heavy (non-hydrogen) atoms. The summed E-state index contributed by atoms with van der Waals surface area (Å²) in [5.41, 5.74) is 20.3. The maximum absolute atomic E-state index is 2.61. The molecule has 11 aromatic rings. The lowest BCUT2D eigenvalue weighted by Crippen LogP contribution is -2.36. The Morgan fingerprint density at radius 1 is 0.354 bits per heavy atom. The fraction of sp³-hybridized carbons (Fsp3) is 0.0645. The molecule has 0 radical (unpaired) electrons. The number of hydrogen-bond acceptors (Lipinski definition) is 2. The molecule has 0 amide bonds. The molecule has 0 atom stereocenters.